The molecule has 28 heavy (non-hydrogen) atoms. The molecule has 1 aromatic carbocycles. The Bertz CT molecular complexity index is 1350. The Hall–Kier alpha value is -4.00. The first kappa shape index (κ1) is 16.2. The van der Waals surface area contributed by atoms with E-state index in [-0.39, 0.29) is 5.82 Å². The van der Waals surface area contributed by atoms with Crippen LogP contribution >= 0.6 is 0 Å². The number of nitrogen functional groups attached to an aromatic ring is 1. The van der Waals surface area contributed by atoms with Crippen LogP contribution in [-0.4, -0.2) is 24.9 Å². The van der Waals surface area contributed by atoms with Crippen molar-refractivity contribution in [1.82, 2.24) is 24.9 Å². The van der Waals surface area contributed by atoms with E-state index in [0.29, 0.717) is 39.5 Å². The van der Waals surface area contributed by atoms with E-state index in [9.17, 15) is 4.39 Å². The molecule has 134 valence electrons. The predicted octanol–water partition coefficient (Wildman–Crippen LogP) is 4.02. The molecule has 0 saturated heterocycles. The van der Waals surface area contributed by atoms with Gasteiger partial charge in [0.05, 0.1) is 11.4 Å². The molecule has 4 aromatic heterocycles. The van der Waals surface area contributed by atoms with Gasteiger partial charge in [-0.2, -0.15) is 0 Å². The fourth-order valence-electron chi connectivity index (χ4n) is 3.28. The van der Waals surface area contributed by atoms with Crippen LogP contribution in [0.4, 0.5) is 10.2 Å². The molecule has 0 radical (unpaired) electrons. The monoisotopic (exact) mass is 368 g/mol. The molecule has 0 fully saturated rings. The lowest BCUT2D eigenvalue weighted by molar-refractivity contribution is 0.631. The van der Waals surface area contributed by atoms with Gasteiger partial charge in [-0.05, 0) is 30.3 Å². The summed E-state index contributed by atoms with van der Waals surface area (Å²) in [4.78, 5) is 22.0. The molecule has 0 spiro atoms. The number of hydrogen-bond donors (Lipinski definition) is 1. The molecular weight excluding hydrogens is 355 g/mol. The van der Waals surface area contributed by atoms with Gasteiger partial charge in [-0.3, -0.25) is 9.97 Å². The zero-order valence-electron chi connectivity index (χ0n) is 14.5. The van der Waals surface area contributed by atoms with Gasteiger partial charge in [0.15, 0.2) is 5.65 Å². The van der Waals surface area contributed by atoms with Gasteiger partial charge < -0.3 is 5.73 Å². The number of aromatic nitrogens is 5. The highest BCUT2D eigenvalue weighted by Crippen LogP contribution is 2.34. The zero-order valence-corrected chi connectivity index (χ0v) is 14.5. The molecule has 0 amide bonds. The fraction of sp³-hybridized carbons (Fsp3) is 0. The standard InChI is InChI=1S/C21H13FN6/c22-16-4-2-1-3-14(16)17-11-15(19-21(28-17)27-10-9-25-19)18-12-5-8-26-20(23)13(12)6-7-24-18/h1-11H,(H2,23,26). The quantitative estimate of drug-likeness (QED) is 0.506. The highest BCUT2D eigenvalue weighted by molar-refractivity contribution is 6.04. The van der Waals surface area contributed by atoms with Crippen LogP contribution in [0.2, 0.25) is 0 Å². The maximum Gasteiger partial charge on any atom is 0.179 e. The van der Waals surface area contributed by atoms with Crippen molar-refractivity contribution in [3.05, 3.63) is 73.1 Å². The third-order valence-electron chi connectivity index (χ3n) is 4.57. The van der Waals surface area contributed by atoms with E-state index in [1.165, 1.54) is 6.07 Å². The van der Waals surface area contributed by atoms with Crippen molar-refractivity contribution in [2.45, 2.75) is 0 Å². The van der Waals surface area contributed by atoms with Crippen LogP contribution in [0.15, 0.2) is 67.3 Å². The Morgan fingerprint density at radius 1 is 0.750 bits per heavy atom. The molecular formula is C21H13FN6. The van der Waals surface area contributed by atoms with Crippen molar-refractivity contribution in [3.8, 4) is 22.5 Å². The molecule has 6 nitrogen and oxygen atoms in total. The van der Waals surface area contributed by atoms with Gasteiger partial charge in [0.25, 0.3) is 0 Å². The highest BCUT2D eigenvalue weighted by atomic mass is 19.1. The molecule has 7 heteroatoms. The number of pyridine rings is 3. The minimum atomic E-state index is -0.358. The number of rotatable bonds is 2. The topological polar surface area (TPSA) is 90.5 Å². The normalized spacial score (nSPS) is 11.2. The summed E-state index contributed by atoms with van der Waals surface area (Å²) in [7, 11) is 0. The Morgan fingerprint density at radius 2 is 1.54 bits per heavy atom. The lowest BCUT2D eigenvalue weighted by Crippen LogP contribution is -1.98. The van der Waals surface area contributed by atoms with E-state index >= 15 is 0 Å². The van der Waals surface area contributed by atoms with E-state index in [1.54, 1.807) is 49.1 Å². The highest BCUT2D eigenvalue weighted by Gasteiger charge is 2.16. The Labute approximate surface area is 159 Å². The van der Waals surface area contributed by atoms with Crippen LogP contribution in [0.25, 0.3) is 44.5 Å². The first-order valence-corrected chi connectivity index (χ1v) is 8.58. The smallest absolute Gasteiger partial charge is 0.179 e. The number of halogens is 1. The van der Waals surface area contributed by atoms with Gasteiger partial charge >= 0.3 is 0 Å². The largest absolute Gasteiger partial charge is 0.383 e. The predicted molar refractivity (Wildman–Crippen MR) is 106 cm³/mol. The van der Waals surface area contributed by atoms with E-state index in [0.717, 1.165) is 10.8 Å². The number of nitrogens with two attached hydrogens (primary N) is 1. The van der Waals surface area contributed by atoms with Crippen molar-refractivity contribution in [2.75, 3.05) is 5.73 Å². The SMILES string of the molecule is Nc1nccc2c(-c3cc(-c4ccccc4F)nc4nccnc34)nccc12. The van der Waals surface area contributed by atoms with E-state index < -0.39 is 0 Å². The Kier molecular flexibility index (Phi) is 3.65. The summed E-state index contributed by atoms with van der Waals surface area (Å²) in [5, 5.41) is 1.61. The van der Waals surface area contributed by atoms with Gasteiger partial charge in [0, 0.05) is 46.7 Å². The van der Waals surface area contributed by atoms with Gasteiger partial charge in [0.2, 0.25) is 0 Å². The first-order chi connectivity index (χ1) is 13.7. The van der Waals surface area contributed by atoms with Crippen molar-refractivity contribution in [3.63, 3.8) is 0 Å². The summed E-state index contributed by atoms with van der Waals surface area (Å²) in [6, 6.07) is 11.9. The lowest BCUT2D eigenvalue weighted by Gasteiger charge is -2.11. The summed E-state index contributed by atoms with van der Waals surface area (Å²) in [5.74, 6) is 0.0587. The minimum absolute atomic E-state index is 0.358. The van der Waals surface area contributed by atoms with Gasteiger partial charge in [-0.25, -0.2) is 19.3 Å². The zero-order chi connectivity index (χ0) is 19.1. The number of anilines is 1. The van der Waals surface area contributed by atoms with Crippen molar-refractivity contribution in [1.29, 1.82) is 0 Å². The molecule has 4 heterocycles. The third kappa shape index (κ3) is 2.52. The van der Waals surface area contributed by atoms with Gasteiger partial charge in [-0.1, -0.05) is 12.1 Å². The minimum Gasteiger partial charge on any atom is -0.383 e. The van der Waals surface area contributed by atoms with Gasteiger partial charge in [-0.15, -0.1) is 0 Å². The van der Waals surface area contributed by atoms with Crippen LogP contribution in [0.3, 0.4) is 0 Å². The van der Waals surface area contributed by atoms with Crippen LogP contribution in [-0.2, 0) is 0 Å². The van der Waals surface area contributed by atoms with Crippen molar-refractivity contribution >= 4 is 27.8 Å². The summed E-state index contributed by atoms with van der Waals surface area (Å²) < 4.78 is 14.4. The van der Waals surface area contributed by atoms with Crippen LogP contribution in [0, 0.1) is 5.82 Å². The summed E-state index contributed by atoms with van der Waals surface area (Å²) in [6.07, 6.45) is 6.46. The van der Waals surface area contributed by atoms with Crippen molar-refractivity contribution < 1.29 is 4.39 Å². The maximum atomic E-state index is 14.4. The Morgan fingerprint density at radius 3 is 2.43 bits per heavy atom. The second-order valence-corrected chi connectivity index (χ2v) is 6.21. The van der Waals surface area contributed by atoms with Crippen molar-refractivity contribution in [2.24, 2.45) is 0 Å². The van der Waals surface area contributed by atoms with Crippen LogP contribution in [0.1, 0.15) is 0 Å². The third-order valence-corrected chi connectivity index (χ3v) is 4.57. The molecule has 5 rings (SSSR count). The molecule has 0 unspecified atom stereocenters. The number of fused-ring (bicyclic) bond motifs is 2. The molecule has 0 aliphatic carbocycles. The molecule has 0 bridgehead atoms. The molecule has 0 atom stereocenters. The molecule has 5 aromatic rings. The van der Waals surface area contributed by atoms with E-state index in [4.69, 9.17) is 5.73 Å². The van der Waals surface area contributed by atoms with Crippen LogP contribution in [0.5, 0.6) is 0 Å². The molecule has 0 aliphatic heterocycles. The molecule has 0 saturated carbocycles. The summed E-state index contributed by atoms with van der Waals surface area (Å²) in [6.45, 7) is 0. The molecule has 0 aliphatic rings. The Balaban J connectivity index is 1.88. The van der Waals surface area contributed by atoms with E-state index in [1.807, 2.05) is 12.1 Å². The lowest BCUT2D eigenvalue weighted by atomic mass is 10.0. The average molecular weight is 368 g/mol. The first-order valence-electron chi connectivity index (χ1n) is 8.58. The maximum absolute atomic E-state index is 14.4. The summed E-state index contributed by atoms with van der Waals surface area (Å²) in [5.41, 5.74) is 9.24. The molecule has 2 N–H and O–H groups in total. The second-order valence-electron chi connectivity index (χ2n) is 6.21. The van der Waals surface area contributed by atoms with Gasteiger partial charge in [0.1, 0.15) is 17.2 Å². The summed E-state index contributed by atoms with van der Waals surface area (Å²) >= 11 is 0. The second kappa shape index (κ2) is 6.31. The van der Waals surface area contributed by atoms with Crippen LogP contribution < -0.4 is 5.73 Å². The average Bonchev–Trinajstić information content (AvgIpc) is 2.73. The number of nitrogens with zero attached hydrogens (tertiary/aromatic N) is 5. The number of benzene rings is 1. The fourth-order valence-corrected chi connectivity index (χ4v) is 3.28. The number of hydrogen-bond acceptors (Lipinski definition) is 6. The van der Waals surface area contributed by atoms with E-state index in [2.05, 4.69) is 24.9 Å².